The van der Waals surface area contributed by atoms with Gasteiger partial charge in [0.1, 0.15) is 0 Å². The first-order valence-corrected chi connectivity index (χ1v) is 7.71. The van der Waals surface area contributed by atoms with Crippen LogP contribution in [0, 0.1) is 3.57 Å². The van der Waals surface area contributed by atoms with Crippen LogP contribution in [-0.2, 0) is 4.79 Å². The molecule has 108 valence electrons. The molecule has 0 radical (unpaired) electrons. The minimum atomic E-state index is -0.0996. The lowest BCUT2D eigenvalue weighted by atomic mass is 10.3. The van der Waals surface area contributed by atoms with E-state index in [1.165, 1.54) is 0 Å². The molecular weight excluding hydrogens is 369 g/mol. The van der Waals surface area contributed by atoms with Crippen molar-refractivity contribution in [2.45, 2.75) is 13.3 Å². The normalized spacial score (nSPS) is 15.7. The number of rotatable bonds is 1. The Morgan fingerprint density at radius 1 is 1.15 bits per heavy atom. The summed E-state index contributed by atoms with van der Waals surface area (Å²) in [5.41, 5.74) is 0.801. The molecular formula is C14H18IN3O2. The highest BCUT2D eigenvalue weighted by Gasteiger charge is 2.20. The van der Waals surface area contributed by atoms with Gasteiger partial charge in [0.15, 0.2) is 0 Å². The lowest BCUT2D eigenvalue weighted by molar-refractivity contribution is -0.128. The first-order chi connectivity index (χ1) is 9.56. The van der Waals surface area contributed by atoms with Crippen molar-refractivity contribution >= 4 is 40.2 Å². The Kier molecular flexibility index (Phi) is 5.22. The molecule has 0 unspecified atom stereocenters. The van der Waals surface area contributed by atoms with Crippen LogP contribution in [0.5, 0.6) is 0 Å². The zero-order valence-corrected chi connectivity index (χ0v) is 13.6. The molecule has 1 aliphatic heterocycles. The largest absolute Gasteiger partial charge is 0.341 e. The first kappa shape index (κ1) is 15.1. The van der Waals surface area contributed by atoms with E-state index in [9.17, 15) is 9.59 Å². The van der Waals surface area contributed by atoms with Crippen LogP contribution in [0.2, 0.25) is 0 Å². The molecule has 2 rings (SSSR count). The number of urea groups is 1. The first-order valence-electron chi connectivity index (χ1n) is 6.63. The number of nitrogens with zero attached hydrogens (tertiary/aromatic N) is 2. The average Bonchev–Trinajstić information content (AvgIpc) is 2.64. The van der Waals surface area contributed by atoms with Crippen LogP contribution < -0.4 is 5.32 Å². The third kappa shape index (κ3) is 4.09. The van der Waals surface area contributed by atoms with E-state index in [1.54, 1.807) is 16.7 Å². The van der Waals surface area contributed by atoms with Gasteiger partial charge in [0.05, 0.1) is 0 Å². The fourth-order valence-corrected chi connectivity index (χ4v) is 2.75. The van der Waals surface area contributed by atoms with E-state index >= 15 is 0 Å². The van der Waals surface area contributed by atoms with E-state index in [0.717, 1.165) is 22.2 Å². The van der Waals surface area contributed by atoms with Gasteiger partial charge in [-0.3, -0.25) is 4.79 Å². The number of carbonyl (C=O) groups excluding carboxylic acids is 2. The lowest BCUT2D eigenvalue weighted by Gasteiger charge is -2.21. The molecule has 0 aliphatic carbocycles. The van der Waals surface area contributed by atoms with Crippen molar-refractivity contribution in [1.82, 2.24) is 9.80 Å². The highest BCUT2D eigenvalue weighted by molar-refractivity contribution is 14.1. The quantitative estimate of drug-likeness (QED) is 0.753. The smallest absolute Gasteiger partial charge is 0.321 e. The molecule has 1 aromatic carbocycles. The second kappa shape index (κ2) is 6.92. The molecule has 6 heteroatoms. The molecule has 5 nitrogen and oxygen atoms in total. The van der Waals surface area contributed by atoms with E-state index in [1.807, 2.05) is 24.3 Å². The monoisotopic (exact) mass is 387 g/mol. The molecule has 0 saturated carbocycles. The van der Waals surface area contributed by atoms with Crippen molar-refractivity contribution in [3.8, 4) is 0 Å². The van der Waals surface area contributed by atoms with Gasteiger partial charge >= 0.3 is 6.03 Å². The molecule has 0 atom stereocenters. The van der Waals surface area contributed by atoms with Gasteiger partial charge in [-0.25, -0.2) is 4.79 Å². The molecule has 20 heavy (non-hydrogen) atoms. The van der Waals surface area contributed by atoms with Gasteiger partial charge in [-0.2, -0.15) is 0 Å². The van der Waals surface area contributed by atoms with Crippen LogP contribution in [0.4, 0.5) is 10.5 Å². The maximum absolute atomic E-state index is 12.2. The summed E-state index contributed by atoms with van der Waals surface area (Å²) in [4.78, 5) is 27.1. The van der Waals surface area contributed by atoms with Crippen LogP contribution in [-0.4, -0.2) is 47.9 Å². The molecule has 0 bridgehead atoms. The minimum absolute atomic E-state index is 0.0740. The number of anilines is 1. The SMILES string of the molecule is CC(=O)N1CCCN(C(=O)Nc2cccc(I)c2)CC1. The molecule has 3 amide bonds. The summed E-state index contributed by atoms with van der Waals surface area (Å²) in [5, 5.41) is 2.90. The predicted octanol–water partition coefficient (Wildman–Crippen LogP) is 2.38. The molecule has 1 fully saturated rings. The molecule has 1 aromatic rings. The van der Waals surface area contributed by atoms with Crippen LogP contribution >= 0.6 is 22.6 Å². The van der Waals surface area contributed by atoms with Gasteiger partial charge in [-0.1, -0.05) is 6.07 Å². The van der Waals surface area contributed by atoms with E-state index < -0.39 is 0 Å². The highest BCUT2D eigenvalue weighted by atomic mass is 127. The number of carbonyl (C=O) groups is 2. The maximum atomic E-state index is 12.2. The third-order valence-corrected chi connectivity index (χ3v) is 3.98. The van der Waals surface area contributed by atoms with Crippen LogP contribution in [0.3, 0.4) is 0 Å². The second-order valence-corrected chi connectivity index (χ2v) is 6.03. The number of hydrogen-bond acceptors (Lipinski definition) is 2. The van der Waals surface area contributed by atoms with Crippen LogP contribution in [0.15, 0.2) is 24.3 Å². The van der Waals surface area contributed by atoms with Crippen molar-refractivity contribution in [2.24, 2.45) is 0 Å². The third-order valence-electron chi connectivity index (χ3n) is 3.30. The summed E-state index contributed by atoms with van der Waals surface area (Å²) in [6.45, 7) is 4.16. The maximum Gasteiger partial charge on any atom is 0.321 e. The number of amides is 3. The topological polar surface area (TPSA) is 52.7 Å². The van der Waals surface area contributed by atoms with Crippen LogP contribution in [0.25, 0.3) is 0 Å². The summed E-state index contributed by atoms with van der Waals surface area (Å²) in [6, 6.07) is 7.60. The number of nitrogens with one attached hydrogen (secondary N) is 1. The van der Waals surface area contributed by atoms with E-state index in [-0.39, 0.29) is 11.9 Å². The van der Waals surface area contributed by atoms with Gasteiger partial charge in [0.25, 0.3) is 0 Å². The summed E-state index contributed by atoms with van der Waals surface area (Å²) in [6.07, 6.45) is 0.819. The highest BCUT2D eigenvalue weighted by Crippen LogP contribution is 2.13. The van der Waals surface area contributed by atoms with E-state index in [4.69, 9.17) is 0 Å². The minimum Gasteiger partial charge on any atom is -0.341 e. The zero-order chi connectivity index (χ0) is 14.5. The van der Waals surface area contributed by atoms with Gasteiger partial charge in [-0.15, -0.1) is 0 Å². The second-order valence-electron chi connectivity index (χ2n) is 4.79. The number of hydrogen-bond donors (Lipinski definition) is 1. The van der Waals surface area contributed by atoms with Gasteiger partial charge < -0.3 is 15.1 Å². The van der Waals surface area contributed by atoms with Crippen LogP contribution in [0.1, 0.15) is 13.3 Å². The summed E-state index contributed by atoms with van der Waals surface area (Å²) in [5.74, 6) is 0.0740. The molecule has 1 N–H and O–H groups in total. The van der Waals surface area contributed by atoms with E-state index in [0.29, 0.717) is 19.6 Å². The Balaban J connectivity index is 1.94. The Morgan fingerprint density at radius 2 is 1.85 bits per heavy atom. The predicted molar refractivity (Wildman–Crippen MR) is 86.6 cm³/mol. The number of benzene rings is 1. The summed E-state index contributed by atoms with van der Waals surface area (Å²) < 4.78 is 1.08. The van der Waals surface area contributed by atoms with Gasteiger partial charge in [-0.05, 0) is 47.2 Å². The molecule has 1 heterocycles. The molecule has 1 saturated heterocycles. The Morgan fingerprint density at radius 3 is 2.55 bits per heavy atom. The Bertz CT molecular complexity index is 507. The van der Waals surface area contributed by atoms with E-state index in [2.05, 4.69) is 27.9 Å². The number of halogens is 1. The lowest BCUT2D eigenvalue weighted by Crippen LogP contribution is -2.38. The van der Waals surface area contributed by atoms with Gasteiger partial charge in [0, 0.05) is 42.4 Å². The standard InChI is InChI=1S/C14H18IN3O2/c1-11(19)17-6-3-7-18(9-8-17)14(20)16-13-5-2-4-12(15)10-13/h2,4-5,10H,3,6-9H2,1H3,(H,16,20). The molecule has 1 aliphatic rings. The average molecular weight is 387 g/mol. The fraction of sp³-hybridized carbons (Fsp3) is 0.429. The summed E-state index contributed by atoms with van der Waals surface area (Å²) >= 11 is 2.21. The van der Waals surface area contributed by atoms with Crippen molar-refractivity contribution in [3.05, 3.63) is 27.8 Å². The van der Waals surface area contributed by atoms with Gasteiger partial charge in [0.2, 0.25) is 5.91 Å². The fourth-order valence-electron chi connectivity index (χ4n) is 2.20. The molecule has 0 aromatic heterocycles. The van der Waals surface area contributed by atoms with Crippen molar-refractivity contribution in [1.29, 1.82) is 0 Å². The van der Waals surface area contributed by atoms with Crippen molar-refractivity contribution < 1.29 is 9.59 Å². The zero-order valence-electron chi connectivity index (χ0n) is 11.4. The molecule has 0 spiro atoms. The van der Waals surface area contributed by atoms with Crippen molar-refractivity contribution in [2.75, 3.05) is 31.5 Å². The van der Waals surface area contributed by atoms with Crippen molar-refractivity contribution in [3.63, 3.8) is 0 Å². The Hall–Kier alpha value is -1.31. The summed E-state index contributed by atoms with van der Waals surface area (Å²) in [7, 11) is 0. The Labute approximate surface area is 132 Å².